The summed E-state index contributed by atoms with van der Waals surface area (Å²) >= 11 is 0. The van der Waals surface area contributed by atoms with Crippen LogP contribution < -0.4 is 0 Å². The second-order valence-corrected chi connectivity index (χ2v) is 3.67. The fraction of sp³-hybridized carbons (Fsp3) is 0.667. The molecule has 2 unspecified atom stereocenters. The summed E-state index contributed by atoms with van der Waals surface area (Å²) in [6.45, 7) is 6.98. The van der Waals surface area contributed by atoms with Crippen molar-refractivity contribution in [2.24, 2.45) is 5.92 Å². The molecule has 0 spiro atoms. The lowest BCUT2D eigenvalue weighted by Gasteiger charge is -2.13. The predicted octanol–water partition coefficient (Wildman–Crippen LogP) is 1.74. The summed E-state index contributed by atoms with van der Waals surface area (Å²) in [4.78, 5) is 22.4. The third-order valence-corrected chi connectivity index (χ3v) is 2.42. The van der Waals surface area contributed by atoms with E-state index in [-0.39, 0.29) is 18.3 Å². The first-order valence-corrected chi connectivity index (χ1v) is 5.33. The third-order valence-electron chi connectivity index (χ3n) is 2.42. The molecular formula is C12H20O4. The molecule has 0 saturated heterocycles. The highest BCUT2D eigenvalue weighted by Gasteiger charge is 2.16. The van der Waals surface area contributed by atoms with Crippen molar-refractivity contribution in [3.8, 4) is 0 Å². The summed E-state index contributed by atoms with van der Waals surface area (Å²) in [5.74, 6) is -0.415. The zero-order valence-corrected chi connectivity index (χ0v) is 10.2. The average molecular weight is 228 g/mol. The molecule has 0 radical (unpaired) electrons. The van der Waals surface area contributed by atoms with Gasteiger partial charge < -0.3 is 9.47 Å². The third kappa shape index (κ3) is 5.66. The number of carbonyl (C=O) groups is 2. The highest BCUT2D eigenvalue weighted by atomic mass is 16.6. The van der Waals surface area contributed by atoms with Gasteiger partial charge in [0.15, 0.2) is 6.10 Å². The summed E-state index contributed by atoms with van der Waals surface area (Å²) < 4.78 is 9.78. The van der Waals surface area contributed by atoms with Crippen molar-refractivity contribution in [3.63, 3.8) is 0 Å². The summed E-state index contributed by atoms with van der Waals surface area (Å²) in [5, 5.41) is 0. The Balaban J connectivity index is 3.90. The van der Waals surface area contributed by atoms with E-state index < -0.39 is 12.1 Å². The first kappa shape index (κ1) is 14.8. The first-order chi connectivity index (χ1) is 7.52. The molecule has 0 N–H and O–H groups in total. The minimum absolute atomic E-state index is 0.0933. The number of Topliss-reactive ketones (excluding diaryl/α,β-unsaturated/α-hetero) is 1. The van der Waals surface area contributed by atoms with Crippen molar-refractivity contribution < 1.29 is 19.1 Å². The zero-order chi connectivity index (χ0) is 12.6. The number of ether oxygens (including phenoxy) is 2. The van der Waals surface area contributed by atoms with Crippen LogP contribution >= 0.6 is 0 Å². The quantitative estimate of drug-likeness (QED) is 0.469. The molecule has 0 aromatic rings. The monoisotopic (exact) mass is 228 g/mol. The Labute approximate surface area is 96.6 Å². The van der Waals surface area contributed by atoms with Crippen LogP contribution in [0.2, 0.25) is 0 Å². The van der Waals surface area contributed by atoms with Crippen molar-refractivity contribution in [3.05, 3.63) is 12.7 Å². The average Bonchev–Trinajstić information content (AvgIpc) is 2.26. The van der Waals surface area contributed by atoms with Gasteiger partial charge in [-0.15, -0.1) is 6.58 Å². The molecule has 0 aromatic carbocycles. The van der Waals surface area contributed by atoms with E-state index in [2.05, 4.69) is 6.58 Å². The Hall–Kier alpha value is -1.16. The Morgan fingerprint density at radius 2 is 2.06 bits per heavy atom. The smallest absolute Gasteiger partial charge is 0.334 e. The number of esters is 1. The van der Waals surface area contributed by atoms with Gasteiger partial charge in [-0.2, -0.15) is 0 Å². The largest absolute Gasteiger partial charge is 0.464 e. The number of rotatable bonds is 8. The molecule has 0 amide bonds. The molecule has 0 aromatic heterocycles. The summed E-state index contributed by atoms with van der Waals surface area (Å²) in [5.41, 5.74) is 0. The van der Waals surface area contributed by atoms with Crippen LogP contribution in [0.1, 0.15) is 26.7 Å². The van der Waals surface area contributed by atoms with E-state index in [1.807, 2.05) is 0 Å². The second-order valence-electron chi connectivity index (χ2n) is 3.67. The van der Waals surface area contributed by atoms with Crippen molar-refractivity contribution in [1.82, 2.24) is 0 Å². The van der Waals surface area contributed by atoms with Crippen LogP contribution in [0.25, 0.3) is 0 Å². The number of hydrogen-bond acceptors (Lipinski definition) is 4. The number of allylic oxidation sites excluding steroid dienone is 1. The van der Waals surface area contributed by atoms with E-state index in [1.54, 1.807) is 13.0 Å². The number of ketones is 1. The van der Waals surface area contributed by atoms with Crippen molar-refractivity contribution in [2.75, 3.05) is 13.7 Å². The molecule has 4 heteroatoms. The van der Waals surface area contributed by atoms with E-state index in [1.165, 1.54) is 14.0 Å². The van der Waals surface area contributed by atoms with Gasteiger partial charge in [-0.1, -0.05) is 6.08 Å². The molecule has 0 rings (SSSR count). The Kier molecular flexibility index (Phi) is 7.46. The highest BCUT2D eigenvalue weighted by Crippen LogP contribution is 2.11. The van der Waals surface area contributed by atoms with Gasteiger partial charge in [-0.05, 0) is 26.7 Å². The molecule has 0 fully saturated rings. The van der Waals surface area contributed by atoms with Crippen LogP contribution in [0.5, 0.6) is 0 Å². The fourth-order valence-electron chi connectivity index (χ4n) is 1.20. The molecule has 92 valence electrons. The molecule has 2 atom stereocenters. The SMILES string of the molecule is C=CCC(CCOC(=O)C(C)OC)C(C)=O. The zero-order valence-electron chi connectivity index (χ0n) is 10.2. The highest BCUT2D eigenvalue weighted by molar-refractivity contribution is 5.78. The number of methoxy groups -OCH3 is 1. The van der Waals surface area contributed by atoms with Crippen LogP contribution in [-0.4, -0.2) is 31.6 Å². The van der Waals surface area contributed by atoms with Gasteiger partial charge in [0, 0.05) is 13.0 Å². The first-order valence-electron chi connectivity index (χ1n) is 5.33. The Morgan fingerprint density at radius 3 is 2.50 bits per heavy atom. The number of hydrogen-bond donors (Lipinski definition) is 0. The van der Waals surface area contributed by atoms with Crippen molar-refractivity contribution in [2.45, 2.75) is 32.8 Å². The normalized spacial score (nSPS) is 13.9. The molecule has 0 saturated carbocycles. The standard InChI is InChI=1S/C12H20O4/c1-5-6-11(9(2)13)7-8-16-12(14)10(3)15-4/h5,10-11H,1,6-8H2,2-4H3. The van der Waals surface area contributed by atoms with Gasteiger partial charge in [0.1, 0.15) is 5.78 Å². The molecule has 0 heterocycles. The molecule has 16 heavy (non-hydrogen) atoms. The van der Waals surface area contributed by atoms with Crippen LogP contribution in [-0.2, 0) is 19.1 Å². The Morgan fingerprint density at radius 1 is 1.44 bits per heavy atom. The van der Waals surface area contributed by atoms with E-state index in [0.29, 0.717) is 12.8 Å². The minimum Gasteiger partial charge on any atom is -0.464 e. The van der Waals surface area contributed by atoms with Gasteiger partial charge >= 0.3 is 5.97 Å². The van der Waals surface area contributed by atoms with Crippen LogP contribution in [0.15, 0.2) is 12.7 Å². The predicted molar refractivity (Wildman–Crippen MR) is 61.0 cm³/mol. The maximum atomic E-state index is 11.2. The van der Waals surface area contributed by atoms with Crippen LogP contribution in [0.4, 0.5) is 0 Å². The number of carbonyl (C=O) groups excluding carboxylic acids is 2. The molecule has 0 aliphatic carbocycles. The van der Waals surface area contributed by atoms with Crippen LogP contribution in [0.3, 0.4) is 0 Å². The molecule has 0 aliphatic rings. The fourth-order valence-corrected chi connectivity index (χ4v) is 1.20. The second kappa shape index (κ2) is 8.05. The van der Waals surface area contributed by atoms with Crippen LogP contribution in [0, 0.1) is 5.92 Å². The van der Waals surface area contributed by atoms with E-state index in [9.17, 15) is 9.59 Å². The molecule has 4 nitrogen and oxygen atoms in total. The van der Waals surface area contributed by atoms with E-state index >= 15 is 0 Å². The lowest BCUT2D eigenvalue weighted by Crippen LogP contribution is -2.23. The van der Waals surface area contributed by atoms with E-state index in [4.69, 9.17) is 9.47 Å². The van der Waals surface area contributed by atoms with Gasteiger partial charge in [-0.25, -0.2) is 4.79 Å². The van der Waals surface area contributed by atoms with Crippen molar-refractivity contribution >= 4 is 11.8 Å². The van der Waals surface area contributed by atoms with Gasteiger partial charge in [-0.3, -0.25) is 4.79 Å². The maximum absolute atomic E-state index is 11.2. The maximum Gasteiger partial charge on any atom is 0.334 e. The lowest BCUT2D eigenvalue weighted by atomic mass is 9.98. The molecule has 0 aliphatic heterocycles. The summed E-state index contributed by atoms with van der Waals surface area (Å²) in [6.07, 6.45) is 2.29. The molecule has 0 bridgehead atoms. The minimum atomic E-state index is -0.560. The summed E-state index contributed by atoms with van der Waals surface area (Å²) in [7, 11) is 1.45. The summed E-state index contributed by atoms with van der Waals surface area (Å²) in [6, 6.07) is 0. The topological polar surface area (TPSA) is 52.6 Å². The van der Waals surface area contributed by atoms with Crippen molar-refractivity contribution in [1.29, 1.82) is 0 Å². The molecular weight excluding hydrogens is 208 g/mol. The lowest BCUT2D eigenvalue weighted by molar-refractivity contribution is -0.154. The van der Waals surface area contributed by atoms with Gasteiger partial charge in [0.2, 0.25) is 0 Å². The van der Waals surface area contributed by atoms with Gasteiger partial charge in [0.05, 0.1) is 6.61 Å². The Bertz CT molecular complexity index is 247. The van der Waals surface area contributed by atoms with Gasteiger partial charge in [0.25, 0.3) is 0 Å². The van der Waals surface area contributed by atoms with E-state index in [0.717, 1.165) is 0 Å².